The third-order valence-corrected chi connectivity index (χ3v) is 0.874. The zero-order valence-corrected chi connectivity index (χ0v) is 8.30. The van der Waals surface area contributed by atoms with E-state index in [1.807, 2.05) is 0 Å². The van der Waals surface area contributed by atoms with Gasteiger partial charge in [-0.25, -0.2) is 0 Å². The molecule has 0 fully saturated rings. The molecule has 0 aliphatic heterocycles. The number of hydrogen-bond donors (Lipinski definition) is 0. The van der Waals surface area contributed by atoms with E-state index in [0.717, 1.165) is 0 Å². The minimum absolute atomic E-state index is 0. The molecule has 0 aromatic rings. The zero-order valence-electron chi connectivity index (χ0n) is 3.85. The second kappa shape index (κ2) is 9.94. The molecule has 0 unspecified atom stereocenters. The van der Waals surface area contributed by atoms with Gasteiger partial charge in [0.25, 0.3) is 0 Å². The van der Waals surface area contributed by atoms with E-state index < -0.39 is 0 Å². The van der Waals surface area contributed by atoms with Gasteiger partial charge in [0.15, 0.2) is 0 Å². The number of allylic oxidation sites excluding steroid dienone is 1. The maximum atomic E-state index is 9.75. The molecule has 0 saturated heterocycles. The summed E-state index contributed by atoms with van der Waals surface area (Å²) in [7, 11) is 0. The Balaban J connectivity index is -0.0000000800. The molecule has 0 spiro atoms. The first-order valence-corrected chi connectivity index (χ1v) is 2.84. The van der Waals surface area contributed by atoms with Crippen LogP contribution in [0.1, 0.15) is 0 Å². The third kappa shape index (κ3) is 19.9. The molecule has 0 heterocycles. The number of rotatable bonds is 1. The summed E-state index contributed by atoms with van der Waals surface area (Å²) in [5.41, 5.74) is 0. The van der Waals surface area contributed by atoms with E-state index in [0.29, 0.717) is 24.4 Å². The van der Waals surface area contributed by atoms with Crippen LogP contribution in [0, 0.1) is 7.43 Å². The minimum Gasteiger partial charge on any atom is 0 e. The van der Waals surface area contributed by atoms with Crippen LogP contribution < -0.4 is 0 Å². The molecule has 0 bridgehead atoms. The average Bonchev–Trinajstić information content (AvgIpc) is 1.38. The molecule has 9 radical (unpaired) electrons. The smallest absolute Gasteiger partial charge is 0 e. The van der Waals surface area contributed by atoms with Crippen molar-refractivity contribution < 1.29 is 4.79 Å². The Labute approximate surface area is 69.9 Å². The van der Waals surface area contributed by atoms with Crippen LogP contribution in [0.15, 0.2) is 12.7 Å². The summed E-state index contributed by atoms with van der Waals surface area (Å²) >= 11 is 0.667. The molecule has 0 atom stereocenters. The Bertz CT molecular complexity index is 62.7. The second-order valence-corrected chi connectivity index (χ2v) is 2.23. The van der Waals surface area contributed by atoms with Crippen molar-refractivity contribution in [3.05, 3.63) is 20.1 Å². The Morgan fingerprint density at radius 3 is 1.86 bits per heavy atom. The van der Waals surface area contributed by atoms with Crippen molar-refractivity contribution in [3.8, 4) is 0 Å². The van der Waals surface area contributed by atoms with Crippen molar-refractivity contribution >= 4 is 45.3 Å². The molecule has 0 saturated carbocycles. The van der Waals surface area contributed by atoms with Crippen LogP contribution in [-0.2, 0) is 4.79 Å². The molecular weight excluding hydrogens is 206 g/mol. The van der Waals surface area contributed by atoms with E-state index in [-0.39, 0.29) is 28.3 Å². The molecule has 0 amide bonds. The van der Waals surface area contributed by atoms with Gasteiger partial charge in [-0.2, -0.15) is 0 Å². The normalized spacial score (nSPS) is 4.57. The third-order valence-electron chi connectivity index (χ3n) is 0.201. The van der Waals surface area contributed by atoms with Crippen molar-refractivity contribution in [2.24, 2.45) is 0 Å². The maximum Gasteiger partial charge on any atom is 0 e. The molecular formula is C4H3AlInO. The molecule has 0 N–H and O–H groups in total. The van der Waals surface area contributed by atoms with Gasteiger partial charge < -0.3 is 0 Å². The molecule has 0 aromatic heterocycles. The standard InChI is InChI=1S/C3H3O.C.Al.In/c1-2-3-4;;;/h2H,1H2;;;. The fourth-order valence-corrected chi connectivity index (χ4v) is 0. The molecule has 0 aliphatic carbocycles. The Kier molecular flexibility index (Phi) is 22.2. The van der Waals surface area contributed by atoms with E-state index in [9.17, 15) is 4.79 Å². The van der Waals surface area contributed by atoms with Crippen LogP contribution >= 0.6 is 0 Å². The monoisotopic (exact) mass is 209 g/mol. The van der Waals surface area contributed by atoms with E-state index in [4.69, 9.17) is 0 Å². The summed E-state index contributed by atoms with van der Waals surface area (Å²) in [6.07, 6.45) is 1.34. The van der Waals surface area contributed by atoms with Gasteiger partial charge in [0, 0.05) is 24.8 Å². The van der Waals surface area contributed by atoms with Gasteiger partial charge in [0.1, 0.15) is 0 Å². The van der Waals surface area contributed by atoms with Crippen LogP contribution in [0.4, 0.5) is 0 Å². The van der Waals surface area contributed by atoms with Crippen molar-refractivity contribution in [2.45, 2.75) is 0 Å². The first kappa shape index (κ1) is 15.7. The summed E-state index contributed by atoms with van der Waals surface area (Å²) in [6.45, 7) is 3.24. The first-order valence-electron chi connectivity index (χ1n) is 1.19. The van der Waals surface area contributed by atoms with E-state index in [2.05, 4.69) is 6.58 Å². The molecule has 7 heavy (non-hydrogen) atoms. The SMILES string of the molecule is C=C[C](=O)[In].[Al].[C]. The summed E-state index contributed by atoms with van der Waals surface area (Å²) in [4.78, 5) is 9.75. The van der Waals surface area contributed by atoms with Crippen molar-refractivity contribution in [2.75, 3.05) is 0 Å². The van der Waals surface area contributed by atoms with Crippen LogP contribution in [0.3, 0.4) is 0 Å². The van der Waals surface area contributed by atoms with E-state index >= 15 is 0 Å². The number of carbonyl (C=O) groups is 1. The Hall–Kier alpha value is 0.813. The zero-order chi connectivity index (χ0) is 4.28. The quantitative estimate of drug-likeness (QED) is 0.422. The number of carbonyl (C=O) groups excluding carboxylic acids is 1. The van der Waals surface area contributed by atoms with Crippen LogP contribution in [-0.4, -0.2) is 45.3 Å². The maximum absolute atomic E-state index is 9.75. The van der Waals surface area contributed by atoms with Crippen molar-refractivity contribution in [1.82, 2.24) is 0 Å². The fourth-order valence-electron chi connectivity index (χ4n) is 0. The van der Waals surface area contributed by atoms with E-state index in [1.54, 1.807) is 0 Å². The van der Waals surface area contributed by atoms with Gasteiger partial charge >= 0.3 is 45.4 Å². The van der Waals surface area contributed by atoms with Crippen molar-refractivity contribution in [1.29, 1.82) is 0 Å². The molecule has 31 valence electrons. The van der Waals surface area contributed by atoms with Crippen LogP contribution in [0.2, 0.25) is 0 Å². The Morgan fingerprint density at radius 1 is 1.71 bits per heavy atom. The van der Waals surface area contributed by atoms with Crippen LogP contribution in [0.25, 0.3) is 0 Å². The van der Waals surface area contributed by atoms with Gasteiger partial charge in [-0.05, 0) is 0 Å². The van der Waals surface area contributed by atoms with Gasteiger partial charge in [-0.3, -0.25) is 0 Å². The predicted octanol–water partition coefficient (Wildman–Crippen LogP) is -0.432. The Morgan fingerprint density at radius 2 is 1.86 bits per heavy atom. The summed E-state index contributed by atoms with van der Waals surface area (Å²) in [5.74, 6) is 0. The average molecular weight is 209 g/mol. The van der Waals surface area contributed by atoms with Gasteiger partial charge in [0.2, 0.25) is 0 Å². The van der Waals surface area contributed by atoms with Crippen molar-refractivity contribution in [3.63, 3.8) is 0 Å². The van der Waals surface area contributed by atoms with Crippen LogP contribution in [0.5, 0.6) is 0 Å². The molecule has 0 aliphatic rings. The first-order chi connectivity index (χ1) is 2.27. The predicted molar refractivity (Wildman–Crippen MR) is 30.0 cm³/mol. The second-order valence-electron chi connectivity index (χ2n) is 0.606. The van der Waals surface area contributed by atoms with E-state index in [1.165, 1.54) is 6.08 Å². The summed E-state index contributed by atoms with van der Waals surface area (Å²) < 4.78 is 0.149. The summed E-state index contributed by atoms with van der Waals surface area (Å²) in [5, 5.41) is 0. The topological polar surface area (TPSA) is 17.1 Å². The summed E-state index contributed by atoms with van der Waals surface area (Å²) in [6, 6.07) is 0. The molecule has 3 heteroatoms. The largest absolute Gasteiger partial charge is 0 e. The fraction of sp³-hybridized carbons (Fsp3) is 0. The molecule has 0 rings (SSSR count). The van der Waals surface area contributed by atoms with Gasteiger partial charge in [-0.1, -0.05) is 0 Å². The number of hydrogen-bond acceptors (Lipinski definition) is 1. The molecule has 0 aromatic carbocycles. The van der Waals surface area contributed by atoms with Gasteiger partial charge in [0.05, 0.1) is 0 Å². The van der Waals surface area contributed by atoms with Gasteiger partial charge in [-0.15, -0.1) is 0 Å². The molecule has 1 nitrogen and oxygen atoms in total. The minimum atomic E-state index is 0.